The molecule has 0 bridgehead atoms. The first-order chi connectivity index (χ1) is 9.02. The molecule has 0 saturated heterocycles. The van der Waals surface area contributed by atoms with E-state index in [1.54, 1.807) is 31.3 Å². The van der Waals surface area contributed by atoms with Crippen molar-refractivity contribution in [3.8, 4) is 6.07 Å². The second-order valence-corrected chi connectivity index (χ2v) is 6.31. The summed E-state index contributed by atoms with van der Waals surface area (Å²) in [5.41, 5.74) is 0.819. The average molecular weight is 281 g/mol. The highest BCUT2D eigenvalue weighted by molar-refractivity contribution is 7.89. The van der Waals surface area contributed by atoms with Crippen LogP contribution in [0.4, 0.5) is 0 Å². The summed E-state index contributed by atoms with van der Waals surface area (Å²) >= 11 is 0. The van der Waals surface area contributed by atoms with E-state index in [1.165, 1.54) is 4.31 Å². The van der Waals surface area contributed by atoms with E-state index >= 15 is 0 Å². The van der Waals surface area contributed by atoms with Crippen molar-refractivity contribution in [2.75, 3.05) is 27.2 Å². The second-order valence-electron chi connectivity index (χ2n) is 4.26. The molecule has 0 saturated carbocycles. The van der Waals surface area contributed by atoms with Crippen molar-refractivity contribution in [3.05, 3.63) is 29.8 Å². The minimum atomic E-state index is -3.43. The number of rotatable bonds is 7. The molecule has 1 aromatic carbocycles. The summed E-state index contributed by atoms with van der Waals surface area (Å²) in [5, 5.41) is 11.6. The van der Waals surface area contributed by atoms with Crippen LogP contribution in [0.25, 0.3) is 0 Å². The van der Waals surface area contributed by atoms with Crippen molar-refractivity contribution >= 4 is 10.0 Å². The predicted molar refractivity (Wildman–Crippen MR) is 74.1 cm³/mol. The van der Waals surface area contributed by atoms with Gasteiger partial charge in [-0.3, -0.25) is 0 Å². The Morgan fingerprint density at radius 3 is 2.47 bits per heavy atom. The highest BCUT2D eigenvalue weighted by Crippen LogP contribution is 2.15. The molecule has 6 heteroatoms. The van der Waals surface area contributed by atoms with Gasteiger partial charge in [-0.25, -0.2) is 12.7 Å². The zero-order valence-corrected chi connectivity index (χ0v) is 12.1. The maximum atomic E-state index is 12.2. The lowest BCUT2D eigenvalue weighted by Crippen LogP contribution is -2.29. The van der Waals surface area contributed by atoms with Crippen molar-refractivity contribution in [2.24, 2.45) is 0 Å². The van der Waals surface area contributed by atoms with Gasteiger partial charge in [0.2, 0.25) is 10.0 Å². The first-order valence-corrected chi connectivity index (χ1v) is 7.53. The summed E-state index contributed by atoms with van der Waals surface area (Å²) in [5.74, 6) is 0. The lowest BCUT2D eigenvalue weighted by atomic mass is 10.2. The Hall–Kier alpha value is -1.42. The molecule has 0 aliphatic rings. The van der Waals surface area contributed by atoms with Gasteiger partial charge in [-0.05, 0) is 37.7 Å². The molecule has 1 N–H and O–H groups in total. The average Bonchev–Trinajstić information content (AvgIpc) is 2.40. The third-order valence-electron chi connectivity index (χ3n) is 2.81. The lowest BCUT2D eigenvalue weighted by molar-refractivity contribution is 0.458. The van der Waals surface area contributed by atoms with Gasteiger partial charge in [0, 0.05) is 13.6 Å². The number of nitrogens with one attached hydrogen (secondary N) is 1. The third-order valence-corrected chi connectivity index (χ3v) is 4.69. The van der Waals surface area contributed by atoms with Gasteiger partial charge in [-0.2, -0.15) is 5.26 Å². The molecule has 19 heavy (non-hydrogen) atoms. The van der Waals surface area contributed by atoms with Crippen LogP contribution in [0.15, 0.2) is 29.2 Å². The van der Waals surface area contributed by atoms with Crippen molar-refractivity contribution in [2.45, 2.75) is 17.7 Å². The van der Waals surface area contributed by atoms with E-state index in [0.29, 0.717) is 13.0 Å². The first-order valence-electron chi connectivity index (χ1n) is 6.09. The number of hydrogen-bond donors (Lipinski definition) is 1. The van der Waals surface area contributed by atoms with Crippen LogP contribution >= 0.6 is 0 Å². The molecule has 0 heterocycles. The molecule has 1 rings (SSSR count). The van der Waals surface area contributed by atoms with Gasteiger partial charge >= 0.3 is 0 Å². The lowest BCUT2D eigenvalue weighted by Gasteiger charge is -2.17. The molecule has 0 spiro atoms. The fourth-order valence-corrected chi connectivity index (χ4v) is 2.86. The number of nitrogens with zero attached hydrogens (tertiary/aromatic N) is 2. The highest BCUT2D eigenvalue weighted by atomic mass is 32.2. The smallest absolute Gasteiger partial charge is 0.242 e. The summed E-state index contributed by atoms with van der Waals surface area (Å²) < 4.78 is 25.8. The van der Waals surface area contributed by atoms with Crippen LogP contribution in [0.3, 0.4) is 0 Å². The standard InChI is InChI=1S/C13H19N3O2S/c1-15-10-3-11-16(2)19(17,18)13-6-4-12(5-7-13)8-9-14/h4-7,15H,3,8,10-11H2,1-2H3. The number of benzene rings is 1. The number of hydrogen-bond acceptors (Lipinski definition) is 4. The van der Waals surface area contributed by atoms with Crippen molar-refractivity contribution < 1.29 is 8.42 Å². The number of nitriles is 1. The Balaban J connectivity index is 2.79. The van der Waals surface area contributed by atoms with Gasteiger partial charge in [-0.15, -0.1) is 0 Å². The molecule has 0 atom stereocenters. The molecule has 0 fully saturated rings. The van der Waals surface area contributed by atoms with Crippen molar-refractivity contribution in [1.82, 2.24) is 9.62 Å². The molecule has 5 nitrogen and oxygen atoms in total. The van der Waals surface area contributed by atoms with Gasteiger partial charge in [0.05, 0.1) is 17.4 Å². The van der Waals surface area contributed by atoms with E-state index in [9.17, 15) is 8.42 Å². The Bertz CT molecular complexity index is 532. The third kappa shape index (κ3) is 4.31. The molecule has 0 amide bonds. The molecule has 0 unspecified atom stereocenters. The van der Waals surface area contributed by atoms with Crippen LogP contribution in [0.1, 0.15) is 12.0 Å². The van der Waals surface area contributed by atoms with Crippen LogP contribution in [0.2, 0.25) is 0 Å². The highest BCUT2D eigenvalue weighted by Gasteiger charge is 2.19. The summed E-state index contributed by atoms with van der Waals surface area (Å²) in [7, 11) is -0.0152. The fraction of sp³-hybridized carbons (Fsp3) is 0.462. The van der Waals surface area contributed by atoms with E-state index in [1.807, 2.05) is 13.1 Å². The largest absolute Gasteiger partial charge is 0.320 e. The Kier molecular flexibility index (Phi) is 5.96. The topological polar surface area (TPSA) is 73.2 Å². The van der Waals surface area contributed by atoms with E-state index < -0.39 is 10.0 Å². The second kappa shape index (κ2) is 7.24. The summed E-state index contributed by atoms with van der Waals surface area (Å²) in [6, 6.07) is 8.49. The molecule has 0 aliphatic heterocycles. The molecule has 1 aromatic rings. The molecule has 0 radical (unpaired) electrons. The van der Waals surface area contributed by atoms with Crippen molar-refractivity contribution in [1.29, 1.82) is 5.26 Å². The van der Waals surface area contributed by atoms with Gasteiger partial charge in [0.1, 0.15) is 0 Å². The zero-order chi connectivity index (χ0) is 14.3. The summed E-state index contributed by atoms with van der Waals surface area (Å²) in [6.07, 6.45) is 1.05. The van der Waals surface area contributed by atoms with E-state index in [4.69, 9.17) is 5.26 Å². The van der Waals surface area contributed by atoms with Crippen LogP contribution < -0.4 is 5.32 Å². The summed E-state index contributed by atoms with van der Waals surface area (Å²) in [4.78, 5) is 0.265. The normalized spacial score (nSPS) is 11.5. The Morgan fingerprint density at radius 2 is 1.95 bits per heavy atom. The van der Waals surface area contributed by atoms with Gasteiger partial charge in [0.25, 0.3) is 0 Å². The van der Waals surface area contributed by atoms with Gasteiger partial charge in [-0.1, -0.05) is 12.1 Å². The Labute approximate surface area is 114 Å². The maximum absolute atomic E-state index is 12.2. The zero-order valence-electron chi connectivity index (χ0n) is 11.3. The van der Waals surface area contributed by atoms with Gasteiger partial charge in [0.15, 0.2) is 0 Å². The van der Waals surface area contributed by atoms with E-state index in [-0.39, 0.29) is 4.90 Å². The predicted octanol–water partition coefficient (Wildman–Crippen LogP) is 0.983. The van der Waals surface area contributed by atoms with Crippen LogP contribution in [0, 0.1) is 11.3 Å². The van der Waals surface area contributed by atoms with E-state index in [0.717, 1.165) is 18.5 Å². The monoisotopic (exact) mass is 281 g/mol. The number of sulfonamides is 1. The summed E-state index contributed by atoms with van der Waals surface area (Å²) in [6.45, 7) is 1.25. The minimum absolute atomic E-state index is 0.265. The SMILES string of the molecule is CNCCCN(C)S(=O)(=O)c1ccc(CC#N)cc1. The Morgan fingerprint density at radius 1 is 1.32 bits per heavy atom. The molecular weight excluding hydrogens is 262 g/mol. The van der Waals surface area contributed by atoms with Crippen LogP contribution in [-0.4, -0.2) is 39.9 Å². The van der Waals surface area contributed by atoms with Crippen LogP contribution in [0.5, 0.6) is 0 Å². The molecule has 104 valence electrons. The quantitative estimate of drug-likeness (QED) is 0.756. The fourth-order valence-electron chi connectivity index (χ4n) is 1.65. The minimum Gasteiger partial charge on any atom is -0.320 e. The van der Waals surface area contributed by atoms with Crippen molar-refractivity contribution in [3.63, 3.8) is 0 Å². The van der Waals surface area contributed by atoms with Crippen LogP contribution in [-0.2, 0) is 16.4 Å². The van der Waals surface area contributed by atoms with Gasteiger partial charge < -0.3 is 5.32 Å². The molecule has 0 aliphatic carbocycles. The maximum Gasteiger partial charge on any atom is 0.242 e. The first kappa shape index (κ1) is 15.6. The molecular formula is C13H19N3O2S. The van der Waals surface area contributed by atoms with E-state index in [2.05, 4.69) is 5.32 Å². The molecule has 0 aromatic heterocycles.